The molecule has 0 unspecified atom stereocenters. The van der Waals surface area contributed by atoms with E-state index in [2.05, 4.69) is 42.5 Å². The summed E-state index contributed by atoms with van der Waals surface area (Å²) in [5.41, 5.74) is 2.76. The fourth-order valence-electron chi connectivity index (χ4n) is 2.58. The van der Waals surface area contributed by atoms with Crippen molar-refractivity contribution < 1.29 is 19.8 Å². The van der Waals surface area contributed by atoms with Crippen molar-refractivity contribution in [3.05, 3.63) is 56.0 Å². The van der Waals surface area contributed by atoms with Gasteiger partial charge < -0.3 is 20.8 Å². The predicted molar refractivity (Wildman–Crippen MR) is 106 cm³/mol. The van der Waals surface area contributed by atoms with Crippen molar-refractivity contribution in [2.75, 3.05) is 18.5 Å². The first-order chi connectivity index (χ1) is 12.4. The second-order valence-corrected chi connectivity index (χ2v) is 7.29. The monoisotopic (exact) mass is 480 g/mol. The van der Waals surface area contributed by atoms with Crippen LogP contribution in [0.2, 0.25) is 0 Å². The molecule has 4 N–H and O–H groups in total. The minimum atomic E-state index is -0.323. The largest absolute Gasteiger partial charge is 0.506 e. The predicted octanol–water partition coefficient (Wildman–Crippen LogP) is 3.13. The number of rotatable bonds is 4. The van der Waals surface area contributed by atoms with E-state index in [9.17, 15) is 14.7 Å². The number of aliphatic hydroxyl groups is 1. The highest BCUT2D eigenvalue weighted by atomic mass is 79.9. The molecule has 1 heterocycles. The molecule has 0 aromatic heterocycles. The molecule has 1 aliphatic rings. The van der Waals surface area contributed by atoms with Crippen molar-refractivity contribution in [3.63, 3.8) is 0 Å². The number of amides is 2. The molecule has 2 aromatic rings. The highest BCUT2D eigenvalue weighted by Crippen LogP contribution is 2.37. The number of hydrogen-bond donors (Lipinski definition) is 4. The summed E-state index contributed by atoms with van der Waals surface area (Å²) < 4.78 is 0.990. The van der Waals surface area contributed by atoms with Crippen LogP contribution in [0.4, 0.5) is 5.69 Å². The second-order valence-electron chi connectivity index (χ2n) is 5.59. The van der Waals surface area contributed by atoms with Gasteiger partial charge in [0.15, 0.2) is 0 Å². The summed E-state index contributed by atoms with van der Waals surface area (Å²) in [4.78, 5) is 24.4. The third kappa shape index (κ3) is 3.67. The van der Waals surface area contributed by atoms with Gasteiger partial charge in [0, 0.05) is 28.9 Å². The van der Waals surface area contributed by atoms with Gasteiger partial charge in [0.1, 0.15) is 5.75 Å². The maximum atomic E-state index is 12.3. The minimum Gasteiger partial charge on any atom is -0.506 e. The number of benzene rings is 2. The number of fused-ring (bicyclic) bond motifs is 1. The molecule has 2 amide bonds. The standard InChI is InChI=1S/C18H14Br2N2O4/c19-13-6-9(7-14(20)16(13)24)5-12-11-8-10(17(25)21-3-4-23)1-2-15(11)22-18(12)26/h1-2,5-8,23-24H,3-4H2,(H,21,25)(H,22,26). The molecule has 0 fully saturated rings. The maximum Gasteiger partial charge on any atom is 0.256 e. The highest BCUT2D eigenvalue weighted by Gasteiger charge is 2.25. The van der Waals surface area contributed by atoms with Crippen LogP contribution in [0.5, 0.6) is 5.75 Å². The highest BCUT2D eigenvalue weighted by molar-refractivity contribution is 9.11. The van der Waals surface area contributed by atoms with E-state index in [1.807, 2.05) is 0 Å². The average molecular weight is 482 g/mol. The van der Waals surface area contributed by atoms with Gasteiger partial charge >= 0.3 is 0 Å². The van der Waals surface area contributed by atoms with Gasteiger partial charge in [0.05, 0.1) is 15.6 Å². The van der Waals surface area contributed by atoms with Crippen molar-refractivity contribution in [1.82, 2.24) is 5.32 Å². The molecular formula is C18H14Br2N2O4. The van der Waals surface area contributed by atoms with Crippen molar-refractivity contribution in [2.45, 2.75) is 0 Å². The lowest BCUT2D eigenvalue weighted by Gasteiger charge is -2.06. The van der Waals surface area contributed by atoms with Crippen molar-refractivity contribution in [3.8, 4) is 5.75 Å². The molecule has 0 atom stereocenters. The lowest BCUT2D eigenvalue weighted by atomic mass is 10.0. The van der Waals surface area contributed by atoms with Gasteiger partial charge in [-0.05, 0) is 73.8 Å². The summed E-state index contributed by atoms with van der Waals surface area (Å²) in [6, 6.07) is 8.30. The molecule has 1 aliphatic heterocycles. The van der Waals surface area contributed by atoms with Gasteiger partial charge in [0.25, 0.3) is 11.8 Å². The van der Waals surface area contributed by atoms with E-state index in [0.717, 1.165) is 0 Å². The number of aromatic hydroxyl groups is 1. The van der Waals surface area contributed by atoms with E-state index in [0.29, 0.717) is 36.9 Å². The Balaban J connectivity index is 2.01. The van der Waals surface area contributed by atoms with Gasteiger partial charge in [-0.1, -0.05) is 0 Å². The van der Waals surface area contributed by atoms with E-state index in [1.54, 1.807) is 36.4 Å². The quantitative estimate of drug-likeness (QED) is 0.504. The Labute approximate surface area is 166 Å². The van der Waals surface area contributed by atoms with Gasteiger partial charge in [-0.15, -0.1) is 0 Å². The number of phenolic OH excluding ortho intramolecular Hbond substituents is 1. The van der Waals surface area contributed by atoms with Gasteiger partial charge in [0.2, 0.25) is 0 Å². The number of phenols is 1. The molecule has 2 aromatic carbocycles. The average Bonchev–Trinajstić information content (AvgIpc) is 2.92. The van der Waals surface area contributed by atoms with Crippen LogP contribution in [0.25, 0.3) is 11.6 Å². The normalized spacial score (nSPS) is 14.3. The Morgan fingerprint density at radius 3 is 2.54 bits per heavy atom. The molecule has 0 bridgehead atoms. The molecule has 0 spiro atoms. The minimum absolute atomic E-state index is 0.0752. The number of halogens is 2. The molecule has 3 rings (SSSR count). The number of hydrogen-bond acceptors (Lipinski definition) is 4. The topological polar surface area (TPSA) is 98.7 Å². The Kier molecular flexibility index (Phi) is 5.45. The Morgan fingerprint density at radius 2 is 1.88 bits per heavy atom. The first-order valence-corrected chi connectivity index (χ1v) is 9.24. The van der Waals surface area contributed by atoms with Crippen LogP contribution in [0.3, 0.4) is 0 Å². The van der Waals surface area contributed by atoms with E-state index < -0.39 is 0 Å². The van der Waals surface area contributed by atoms with Crippen LogP contribution in [-0.4, -0.2) is 35.2 Å². The third-order valence-electron chi connectivity index (χ3n) is 3.81. The van der Waals surface area contributed by atoms with Crippen molar-refractivity contribution >= 4 is 61.0 Å². The number of carbonyl (C=O) groups excluding carboxylic acids is 2. The summed E-state index contributed by atoms with van der Waals surface area (Å²) in [5, 5.41) is 24.0. The summed E-state index contributed by atoms with van der Waals surface area (Å²) in [7, 11) is 0. The molecule has 0 radical (unpaired) electrons. The zero-order valence-corrected chi connectivity index (χ0v) is 16.5. The van der Waals surface area contributed by atoms with Gasteiger partial charge in [-0.25, -0.2) is 0 Å². The molecule has 0 aliphatic carbocycles. The number of anilines is 1. The lowest BCUT2D eigenvalue weighted by molar-refractivity contribution is -0.110. The van der Waals surface area contributed by atoms with E-state index >= 15 is 0 Å². The van der Waals surface area contributed by atoms with E-state index in [1.165, 1.54) is 0 Å². The second kappa shape index (κ2) is 7.61. The van der Waals surface area contributed by atoms with E-state index in [-0.39, 0.29) is 30.7 Å². The van der Waals surface area contributed by atoms with E-state index in [4.69, 9.17) is 5.11 Å². The Hall–Kier alpha value is -2.16. The molecule has 6 nitrogen and oxygen atoms in total. The molecule has 8 heteroatoms. The SMILES string of the molecule is O=C1Nc2ccc(C(=O)NCCO)cc2C1=Cc1cc(Br)c(O)c(Br)c1. The number of nitrogens with one attached hydrogen (secondary N) is 2. The molecule has 0 saturated heterocycles. The van der Waals surface area contributed by atoms with Crippen LogP contribution in [0.15, 0.2) is 39.3 Å². The Bertz CT molecular complexity index is 918. The fraction of sp³-hybridized carbons (Fsp3) is 0.111. The van der Waals surface area contributed by atoms with Gasteiger partial charge in [-0.3, -0.25) is 9.59 Å². The summed E-state index contributed by atoms with van der Waals surface area (Å²) in [6.45, 7) is 0.0117. The number of aliphatic hydroxyl groups excluding tert-OH is 1. The van der Waals surface area contributed by atoms with Crippen molar-refractivity contribution in [2.24, 2.45) is 0 Å². The fourth-order valence-corrected chi connectivity index (χ4v) is 3.80. The van der Waals surface area contributed by atoms with Crippen LogP contribution in [-0.2, 0) is 4.79 Å². The first-order valence-electron chi connectivity index (χ1n) is 7.65. The zero-order valence-electron chi connectivity index (χ0n) is 13.3. The van der Waals surface area contributed by atoms with Crippen LogP contribution < -0.4 is 10.6 Å². The molecular weight excluding hydrogens is 468 g/mol. The smallest absolute Gasteiger partial charge is 0.256 e. The third-order valence-corrected chi connectivity index (χ3v) is 5.02. The summed E-state index contributed by atoms with van der Waals surface area (Å²) in [5.74, 6) is -0.518. The van der Waals surface area contributed by atoms with Crippen molar-refractivity contribution in [1.29, 1.82) is 0 Å². The summed E-state index contributed by atoms with van der Waals surface area (Å²) in [6.07, 6.45) is 1.69. The first kappa shape index (κ1) is 18.6. The van der Waals surface area contributed by atoms with Gasteiger partial charge in [-0.2, -0.15) is 0 Å². The lowest BCUT2D eigenvalue weighted by Crippen LogP contribution is -2.26. The molecule has 134 valence electrons. The summed E-state index contributed by atoms with van der Waals surface area (Å²) >= 11 is 6.53. The maximum absolute atomic E-state index is 12.3. The zero-order chi connectivity index (χ0) is 18.8. The molecule has 26 heavy (non-hydrogen) atoms. The van der Waals surface area contributed by atoms with Crippen LogP contribution in [0.1, 0.15) is 21.5 Å². The number of carbonyl (C=O) groups is 2. The molecule has 0 saturated carbocycles. The van der Waals surface area contributed by atoms with Crippen LogP contribution in [0, 0.1) is 0 Å². The van der Waals surface area contributed by atoms with Crippen LogP contribution >= 0.6 is 31.9 Å². The Morgan fingerprint density at radius 1 is 1.19 bits per heavy atom.